The van der Waals surface area contributed by atoms with E-state index >= 15 is 0 Å². The normalized spacial score (nSPS) is 9.88. The Balaban J connectivity index is 2.57. The first-order valence-corrected chi connectivity index (χ1v) is 5.34. The lowest BCUT2D eigenvalue weighted by atomic mass is 10.1. The molecule has 1 rings (SSSR count). The fraction of sp³-hybridized carbons (Fsp3) is 0.385. The minimum Gasteiger partial charge on any atom is -0.493 e. The minimum atomic E-state index is 0.769. The van der Waals surface area contributed by atoms with Gasteiger partial charge >= 0.3 is 0 Å². The topological polar surface area (TPSA) is 30.5 Å². The maximum atomic E-state index is 5.24. The first-order chi connectivity index (χ1) is 7.81. The smallest absolute Gasteiger partial charge is 0.160 e. The SMILES string of the molecule is C=CCNCCc1ccc(OC)c(OC)c1. The lowest BCUT2D eigenvalue weighted by molar-refractivity contribution is 0.354. The second kappa shape index (κ2) is 6.90. The zero-order valence-electron chi connectivity index (χ0n) is 9.95. The molecule has 0 bridgehead atoms. The Morgan fingerprint density at radius 1 is 1.25 bits per heavy atom. The first kappa shape index (κ1) is 12.6. The van der Waals surface area contributed by atoms with Crippen LogP contribution in [0.3, 0.4) is 0 Å². The molecule has 0 aliphatic rings. The van der Waals surface area contributed by atoms with Gasteiger partial charge in [-0.05, 0) is 30.7 Å². The van der Waals surface area contributed by atoms with Crippen molar-refractivity contribution in [2.75, 3.05) is 27.3 Å². The van der Waals surface area contributed by atoms with Gasteiger partial charge in [0.2, 0.25) is 0 Å². The number of benzene rings is 1. The summed E-state index contributed by atoms with van der Waals surface area (Å²) in [4.78, 5) is 0. The van der Waals surface area contributed by atoms with Crippen LogP contribution in [-0.2, 0) is 6.42 Å². The molecule has 3 heteroatoms. The van der Waals surface area contributed by atoms with Crippen molar-refractivity contribution in [2.24, 2.45) is 0 Å². The van der Waals surface area contributed by atoms with Crippen LogP contribution in [0.1, 0.15) is 5.56 Å². The van der Waals surface area contributed by atoms with Gasteiger partial charge in [-0.25, -0.2) is 0 Å². The Morgan fingerprint density at radius 2 is 2.00 bits per heavy atom. The molecule has 0 aliphatic heterocycles. The number of rotatable bonds is 7. The molecule has 16 heavy (non-hydrogen) atoms. The third-order valence-corrected chi connectivity index (χ3v) is 2.33. The number of nitrogens with one attached hydrogen (secondary N) is 1. The molecule has 0 atom stereocenters. The maximum absolute atomic E-state index is 5.24. The number of methoxy groups -OCH3 is 2. The Hall–Kier alpha value is -1.48. The van der Waals surface area contributed by atoms with Crippen LogP contribution in [0.2, 0.25) is 0 Å². The second-order valence-corrected chi connectivity index (χ2v) is 3.43. The molecule has 3 nitrogen and oxygen atoms in total. The fourth-order valence-electron chi connectivity index (χ4n) is 1.47. The van der Waals surface area contributed by atoms with Crippen LogP contribution in [0.25, 0.3) is 0 Å². The van der Waals surface area contributed by atoms with E-state index in [4.69, 9.17) is 9.47 Å². The lowest BCUT2D eigenvalue weighted by Gasteiger charge is -2.09. The van der Waals surface area contributed by atoms with Gasteiger partial charge in [-0.1, -0.05) is 12.1 Å². The van der Waals surface area contributed by atoms with Crippen LogP contribution in [-0.4, -0.2) is 27.3 Å². The zero-order chi connectivity index (χ0) is 11.8. The predicted molar refractivity (Wildman–Crippen MR) is 66.3 cm³/mol. The zero-order valence-corrected chi connectivity index (χ0v) is 9.95. The summed E-state index contributed by atoms with van der Waals surface area (Å²) in [6.07, 6.45) is 2.82. The van der Waals surface area contributed by atoms with E-state index in [2.05, 4.69) is 18.0 Å². The van der Waals surface area contributed by atoms with E-state index in [1.807, 2.05) is 18.2 Å². The van der Waals surface area contributed by atoms with E-state index in [0.717, 1.165) is 31.0 Å². The van der Waals surface area contributed by atoms with Gasteiger partial charge in [0.15, 0.2) is 11.5 Å². The molecule has 0 saturated carbocycles. The largest absolute Gasteiger partial charge is 0.493 e. The van der Waals surface area contributed by atoms with E-state index in [9.17, 15) is 0 Å². The molecule has 0 aliphatic carbocycles. The Morgan fingerprint density at radius 3 is 2.62 bits per heavy atom. The Kier molecular flexibility index (Phi) is 5.43. The lowest BCUT2D eigenvalue weighted by Crippen LogP contribution is -2.16. The molecule has 1 aromatic carbocycles. The van der Waals surface area contributed by atoms with E-state index in [1.165, 1.54) is 5.56 Å². The molecular weight excluding hydrogens is 202 g/mol. The first-order valence-electron chi connectivity index (χ1n) is 5.34. The molecule has 0 heterocycles. The maximum Gasteiger partial charge on any atom is 0.160 e. The highest BCUT2D eigenvalue weighted by atomic mass is 16.5. The average Bonchev–Trinajstić information content (AvgIpc) is 2.34. The molecule has 0 fully saturated rings. The van der Waals surface area contributed by atoms with Crippen LogP contribution in [0.15, 0.2) is 30.9 Å². The molecule has 0 spiro atoms. The number of hydrogen-bond acceptors (Lipinski definition) is 3. The van der Waals surface area contributed by atoms with Gasteiger partial charge in [-0.2, -0.15) is 0 Å². The highest BCUT2D eigenvalue weighted by Crippen LogP contribution is 2.27. The van der Waals surface area contributed by atoms with Crippen LogP contribution in [0, 0.1) is 0 Å². The van der Waals surface area contributed by atoms with Crippen molar-refractivity contribution in [3.05, 3.63) is 36.4 Å². The molecule has 0 saturated heterocycles. The van der Waals surface area contributed by atoms with Gasteiger partial charge in [0.25, 0.3) is 0 Å². The molecule has 88 valence electrons. The van der Waals surface area contributed by atoms with Gasteiger partial charge in [0.05, 0.1) is 14.2 Å². The van der Waals surface area contributed by atoms with Gasteiger partial charge in [0, 0.05) is 6.54 Å². The summed E-state index contributed by atoms with van der Waals surface area (Å²) in [6, 6.07) is 5.99. The minimum absolute atomic E-state index is 0.769. The second-order valence-electron chi connectivity index (χ2n) is 3.43. The summed E-state index contributed by atoms with van der Waals surface area (Å²) in [6.45, 7) is 5.43. The van der Waals surface area contributed by atoms with Crippen molar-refractivity contribution < 1.29 is 9.47 Å². The van der Waals surface area contributed by atoms with Crippen LogP contribution < -0.4 is 14.8 Å². The van der Waals surface area contributed by atoms with E-state index in [0.29, 0.717) is 0 Å². The van der Waals surface area contributed by atoms with E-state index < -0.39 is 0 Å². The van der Waals surface area contributed by atoms with E-state index in [1.54, 1.807) is 14.2 Å². The summed E-state index contributed by atoms with van der Waals surface area (Å²) in [5.41, 5.74) is 1.23. The summed E-state index contributed by atoms with van der Waals surface area (Å²) in [5, 5.41) is 3.26. The number of hydrogen-bond donors (Lipinski definition) is 1. The van der Waals surface area contributed by atoms with Crippen LogP contribution in [0.5, 0.6) is 11.5 Å². The third kappa shape index (κ3) is 3.59. The van der Waals surface area contributed by atoms with Gasteiger partial charge in [-0.3, -0.25) is 0 Å². The molecule has 1 N–H and O–H groups in total. The molecule has 1 aromatic rings. The molecule has 0 unspecified atom stereocenters. The quantitative estimate of drug-likeness (QED) is 0.564. The van der Waals surface area contributed by atoms with Crippen molar-refractivity contribution >= 4 is 0 Å². The fourth-order valence-corrected chi connectivity index (χ4v) is 1.47. The van der Waals surface area contributed by atoms with Gasteiger partial charge in [0.1, 0.15) is 0 Å². The van der Waals surface area contributed by atoms with Crippen molar-refractivity contribution in [3.63, 3.8) is 0 Å². The van der Waals surface area contributed by atoms with Crippen molar-refractivity contribution in [1.29, 1.82) is 0 Å². The monoisotopic (exact) mass is 221 g/mol. The highest BCUT2D eigenvalue weighted by Gasteiger charge is 2.03. The van der Waals surface area contributed by atoms with Gasteiger partial charge < -0.3 is 14.8 Å². The third-order valence-electron chi connectivity index (χ3n) is 2.33. The molecule has 0 radical (unpaired) electrons. The Bertz CT molecular complexity index is 337. The predicted octanol–water partition coefficient (Wildman–Crippen LogP) is 2.02. The van der Waals surface area contributed by atoms with Crippen LogP contribution >= 0.6 is 0 Å². The summed E-state index contributed by atoms with van der Waals surface area (Å²) >= 11 is 0. The molecule has 0 amide bonds. The molecule has 0 aromatic heterocycles. The van der Waals surface area contributed by atoms with Gasteiger partial charge in [-0.15, -0.1) is 6.58 Å². The van der Waals surface area contributed by atoms with E-state index in [-0.39, 0.29) is 0 Å². The number of ether oxygens (including phenoxy) is 2. The highest BCUT2D eigenvalue weighted by molar-refractivity contribution is 5.42. The Labute approximate surface area is 97.1 Å². The molecular formula is C13H19NO2. The summed E-state index contributed by atoms with van der Waals surface area (Å²) < 4.78 is 10.4. The summed E-state index contributed by atoms with van der Waals surface area (Å²) in [5.74, 6) is 1.55. The summed E-state index contributed by atoms with van der Waals surface area (Å²) in [7, 11) is 3.29. The van der Waals surface area contributed by atoms with Crippen LogP contribution in [0.4, 0.5) is 0 Å². The van der Waals surface area contributed by atoms with Crippen molar-refractivity contribution in [1.82, 2.24) is 5.32 Å². The van der Waals surface area contributed by atoms with Crippen molar-refractivity contribution in [3.8, 4) is 11.5 Å². The van der Waals surface area contributed by atoms with Crippen molar-refractivity contribution in [2.45, 2.75) is 6.42 Å². The average molecular weight is 221 g/mol. The standard InChI is InChI=1S/C13H19NO2/c1-4-8-14-9-7-11-5-6-12(15-2)13(10-11)16-3/h4-6,10,14H,1,7-9H2,2-3H3.